The zero-order valence-electron chi connectivity index (χ0n) is 22.1. The lowest BCUT2D eigenvalue weighted by atomic mass is 9.95. The van der Waals surface area contributed by atoms with Gasteiger partial charge in [0.2, 0.25) is 5.91 Å². The summed E-state index contributed by atoms with van der Waals surface area (Å²) in [6.07, 6.45) is 0.0274. The Labute approximate surface area is 232 Å². The van der Waals surface area contributed by atoms with Crippen LogP contribution in [-0.2, 0) is 27.5 Å². The second kappa shape index (κ2) is 14.0. The van der Waals surface area contributed by atoms with Gasteiger partial charge in [-0.2, -0.15) is 0 Å². The molecule has 2 heterocycles. The van der Waals surface area contributed by atoms with Crippen molar-refractivity contribution in [3.63, 3.8) is 0 Å². The van der Waals surface area contributed by atoms with Crippen LogP contribution in [0.1, 0.15) is 34.3 Å². The monoisotopic (exact) mass is 550 g/mol. The molecule has 2 aromatic carbocycles. The molecule has 0 bridgehead atoms. The molecule has 3 amide bonds. The molecule has 40 heavy (non-hydrogen) atoms. The van der Waals surface area contributed by atoms with E-state index in [0.29, 0.717) is 38.0 Å². The molecule has 2 aliphatic rings. The van der Waals surface area contributed by atoms with Crippen LogP contribution in [-0.4, -0.2) is 78.6 Å². The van der Waals surface area contributed by atoms with Gasteiger partial charge in [0.25, 0.3) is 5.91 Å². The van der Waals surface area contributed by atoms with Crippen molar-refractivity contribution in [1.29, 1.82) is 0 Å². The summed E-state index contributed by atoms with van der Waals surface area (Å²) in [5, 5.41) is 20.7. The lowest BCUT2D eigenvalue weighted by Crippen LogP contribution is -2.50. The first-order chi connectivity index (χ1) is 19.4. The molecule has 0 aliphatic carbocycles. The molecule has 2 aliphatic heterocycles. The second-order valence-electron chi connectivity index (χ2n) is 9.62. The summed E-state index contributed by atoms with van der Waals surface area (Å²) < 4.78 is 5.07. The molecule has 12 heteroatoms. The van der Waals surface area contributed by atoms with E-state index >= 15 is 0 Å². The first-order valence-corrected chi connectivity index (χ1v) is 13.3. The standard InChI is InChI=1S/C28H34N6O6/c35-24(31-17-23(26(37)38)33-28(39)40-18-20-4-2-1-3-5-20)21-10-14-34(15-11-21)25(36)22-8-6-19(7-9-22)16-32-27-29-12-13-30-27/h1-9,21,23H,10-18H2,(H,31,35)(H,33,39)(H,37,38)(H2,29,30,32). The summed E-state index contributed by atoms with van der Waals surface area (Å²) in [7, 11) is 0. The first-order valence-electron chi connectivity index (χ1n) is 13.3. The number of likely N-dealkylation sites (tertiary alicyclic amines) is 1. The summed E-state index contributed by atoms with van der Waals surface area (Å²) in [6.45, 7) is 2.75. The van der Waals surface area contributed by atoms with Gasteiger partial charge in [-0.25, -0.2) is 9.59 Å². The molecule has 2 aromatic rings. The lowest BCUT2D eigenvalue weighted by molar-refractivity contribution is -0.139. The number of alkyl carbamates (subject to hydrolysis) is 1. The number of carboxylic acids is 1. The van der Waals surface area contributed by atoms with Crippen molar-refractivity contribution < 1.29 is 29.0 Å². The second-order valence-corrected chi connectivity index (χ2v) is 9.62. The van der Waals surface area contributed by atoms with Crippen LogP contribution in [0, 0.1) is 5.92 Å². The topological polar surface area (TPSA) is 161 Å². The van der Waals surface area contributed by atoms with Crippen molar-refractivity contribution in [2.24, 2.45) is 10.9 Å². The third-order valence-electron chi connectivity index (χ3n) is 6.77. The van der Waals surface area contributed by atoms with Crippen LogP contribution >= 0.6 is 0 Å². The van der Waals surface area contributed by atoms with Crippen LogP contribution in [0.3, 0.4) is 0 Å². The molecule has 1 atom stereocenters. The Morgan fingerprint density at radius 3 is 2.40 bits per heavy atom. The van der Waals surface area contributed by atoms with E-state index in [9.17, 15) is 24.3 Å². The number of nitrogens with zero attached hydrogens (tertiary/aromatic N) is 2. The average molecular weight is 551 g/mol. The molecule has 12 nitrogen and oxygen atoms in total. The fourth-order valence-electron chi connectivity index (χ4n) is 4.45. The van der Waals surface area contributed by atoms with Gasteiger partial charge in [-0.1, -0.05) is 42.5 Å². The number of ether oxygens (including phenoxy) is 1. The SMILES string of the molecule is O=C(NC(CNC(=O)C1CCN(C(=O)c2ccc(CNC3=NCCN3)cc2)CC1)C(=O)O)OCc1ccccc1. The van der Waals surface area contributed by atoms with Gasteiger partial charge in [-0.3, -0.25) is 14.6 Å². The number of benzene rings is 2. The Balaban J connectivity index is 1.18. The highest BCUT2D eigenvalue weighted by atomic mass is 16.5. The minimum Gasteiger partial charge on any atom is -0.480 e. The zero-order valence-corrected chi connectivity index (χ0v) is 22.1. The summed E-state index contributed by atoms with van der Waals surface area (Å²) >= 11 is 0. The summed E-state index contributed by atoms with van der Waals surface area (Å²) in [4.78, 5) is 55.3. The number of amides is 3. The zero-order chi connectivity index (χ0) is 28.3. The predicted molar refractivity (Wildman–Crippen MR) is 146 cm³/mol. The van der Waals surface area contributed by atoms with Gasteiger partial charge in [0.1, 0.15) is 12.6 Å². The predicted octanol–water partition coefficient (Wildman–Crippen LogP) is 1.08. The fourth-order valence-corrected chi connectivity index (χ4v) is 4.45. The van der Waals surface area contributed by atoms with Crippen LogP contribution in [0.4, 0.5) is 4.79 Å². The van der Waals surface area contributed by atoms with Crippen molar-refractivity contribution in [2.75, 3.05) is 32.7 Å². The molecule has 1 unspecified atom stereocenters. The van der Waals surface area contributed by atoms with Crippen LogP contribution < -0.4 is 21.3 Å². The highest BCUT2D eigenvalue weighted by molar-refractivity contribution is 5.94. The highest BCUT2D eigenvalue weighted by Crippen LogP contribution is 2.19. The Kier molecular flexibility index (Phi) is 9.92. The van der Waals surface area contributed by atoms with E-state index in [1.165, 1.54) is 0 Å². The Morgan fingerprint density at radius 2 is 1.75 bits per heavy atom. The minimum atomic E-state index is -1.34. The van der Waals surface area contributed by atoms with Crippen LogP contribution in [0.2, 0.25) is 0 Å². The number of aliphatic carboxylic acids is 1. The van der Waals surface area contributed by atoms with Crippen LogP contribution in [0.25, 0.3) is 0 Å². The molecule has 1 fully saturated rings. The number of carbonyl (C=O) groups is 4. The fraction of sp³-hybridized carbons (Fsp3) is 0.393. The number of nitrogens with one attached hydrogen (secondary N) is 4. The van der Waals surface area contributed by atoms with Gasteiger partial charge in [0, 0.05) is 44.2 Å². The maximum Gasteiger partial charge on any atom is 0.408 e. The van der Waals surface area contributed by atoms with E-state index in [1.54, 1.807) is 41.3 Å². The molecular weight excluding hydrogens is 516 g/mol. The molecular formula is C28H34N6O6. The number of carbonyl (C=O) groups excluding carboxylic acids is 3. The minimum absolute atomic E-state index is 0.00210. The van der Waals surface area contributed by atoms with E-state index in [1.807, 2.05) is 18.2 Å². The maximum atomic E-state index is 13.0. The Bertz CT molecular complexity index is 1210. The third-order valence-corrected chi connectivity index (χ3v) is 6.77. The summed E-state index contributed by atoms with van der Waals surface area (Å²) in [5.41, 5.74) is 2.37. The van der Waals surface area contributed by atoms with E-state index in [2.05, 4.69) is 26.3 Å². The van der Waals surface area contributed by atoms with Gasteiger partial charge >= 0.3 is 12.1 Å². The van der Waals surface area contributed by atoms with Gasteiger partial charge in [0.05, 0.1) is 6.54 Å². The van der Waals surface area contributed by atoms with E-state index in [0.717, 1.165) is 30.2 Å². The number of hydrogen-bond donors (Lipinski definition) is 5. The molecule has 212 valence electrons. The van der Waals surface area contributed by atoms with E-state index < -0.39 is 18.1 Å². The van der Waals surface area contributed by atoms with Crippen molar-refractivity contribution in [1.82, 2.24) is 26.2 Å². The van der Waals surface area contributed by atoms with Gasteiger partial charge in [0.15, 0.2) is 5.96 Å². The molecule has 0 aromatic heterocycles. The van der Waals surface area contributed by atoms with Crippen LogP contribution in [0.5, 0.6) is 0 Å². The number of carboxylic acid groups (broad SMARTS) is 1. The normalized spacial score (nSPS) is 15.8. The number of hydrogen-bond acceptors (Lipinski definition) is 8. The quantitative estimate of drug-likeness (QED) is 0.294. The lowest BCUT2D eigenvalue weighted by Gasteiger charge is -2.31. The maximum absolute atomic E-state index is 13.0. The number of rotatable bonds is 10. The molecule has 5 N–H and O–H groups in total. The number of piperidine rings is 1. The summed E-state index contributed by atoms with van der Waals surface area (Å²) in [6, 6.07) is 15.1. The van der Waals surface area contributed by atoms with Gasteiger partial charge in [-0.05, 0) is 36.1 Å². The molecule has 0 radical (unpaired) electrons. The van der Waals surface area contributed by atoms with Gasteiger partial charge < -0.3 is 36.0 Å². The molecule has 0 spiro atoms. The smallest absolute Gasteiger partial charge is 0.408 e. The van der Waals surface area contributed by atoms with Crippen molar-refractivity contribution in [3.05, 3.63) is 71.3 Å². The first kappa shape index (κ1) is 28.4. The Morgan fingerprint density at radius 1 is 1.02 bits per heavy atom. The number of guanidine groups is 1. The summed E-state index contributed by atoms with van der Waals surface area (Å²) in [5.74, 6) is -1.27. The van der Waals surface area contributed by atoms with E-state index in [4.69, 9.17) is 4.74 Å². The molecule has 1 saturated heterocycles. The highest BCUT2D eigenvalue weighted by Gasteiger charge is 2.29. The van der Waals surface area contributed by atoms with Crippen molar-refractivity contribution >= 4 is 29.8 Å². The van der Waals surface area contributed by atoms with Crippen LogP contribution in [0.15, 0.2) is 59.6 Å². The number of aliphatic imine (C=N–C) groups is 1. The largest absolute Gasteiger partial charge is 0.480 e. The van der Waals surface area contributed by atoms with Crippen molar-refractivity contribution in [3.8, 4) is 0 Å². The Hall–Kier alpha value is -4.61. The third kappa shape index (κ3) is 8.19. The molecule has 0 saturated carbocycles. The van der Waals surface area contributed by atoms with Crippen molar-refractivity contribution in [2.45, 2.75) is 32.0 Å². The molecule has 4 rings (SSSR count). The van der Waals surface area contributed by atoms with E-state index in [-0.39, 0.29) is 30.9 Å². The average Bonchev–Trinajstić information content (AvgIpc) is 3.51. The van der Waals surface area contributed by atoms with Gasteiger partial charge in [-0.15, -0.1) is 0 Å².